The van der Waals surface area contributed by atoms with Crippen molar-refractivity contribution in [2.24, 2.45) is 0 Å². The van der Waals surface area contributed by atoms with E-state index < -0.39 is 5.60 Å². The van der Waals surface area contributed by atoms with Gasteiger partial charge in [-0.15, -0.1) is 0 Å². The van der Waals surface area contributed by atoms with Gasteiger partial charge in [-0.25, -0.2) is 0 Å². The molecule has 1 atom stereocenters. The maximum atomic E-state index is 11.9. The molecule has 0 fully saturated rings. The zero-order chi connectivity index (χ0) is 18.4. The first-order valence-electron chi connectivity index (χ1n) is 8.41. The number of nitrogens with one attached hydrogen (secondary N) is 1. The molecule has 26 heavy (non-hydrogen) atoms. The third-order valence-corrected chi connectivity index (χ3v) is 4.19. The van der Waals surface area contributed by atoms with Crippen LogP contribution in [-0.2, 0) is 10.4 Å². The van der Waals surface area contributed by atoms with Gasteiger partial charge >= 0.3 is 0 Å². The van der Waals surface area contributed by atoms with Gasteiger partial charge in [0, 0.05) is 11.6 Å². The maximum absolute atomic E-state index is 11.9. The molecule has 2 aromatic carbocycles. The van der Waals surface area contributed by atoms with E-state index in [1.54, 1.807) is 31.6 Å². The van der Waals surface area contributed by atoms with Crippen LogP contribution in [0.25, 0.3) is 17.2 Å². The van der Waals surface area contributed by atoms with Crippen molar-refractivity contribution in [3.8, 4) is 11.1 Å². The fourth-order valence-electron chi connectivity index (χ4n) is 2.61. The van der Waals surface area contributed by atoms with Gasteiger partial charge in [-0.2, -0.15) is 0 Å². The molecule has 2 N–H and O–H groups in total. The maximum Gasteiger partial charge on any atom is 0.244 e. The lowest BCUT2D eigenvalue weighted by atomic mass is 9.93. The summed E-state index contributed by atoms with van der Waals surface area (Å²) in [5.41, 5.74) is 2.60. The fraction of sp³-hybridized carbons (Fsp3) is 0.136. The Labute approximate surface area is 152 Å². The Morgan fingerprint density at radius 2 is 1.77 bits per heavy atom. The summed E-state index contributed by atoms with van der Waals surface area (Å²) in [6.45, 7) is 1.80. The van der Waals surface area contributed by atoms with Crippen LogP contribution >= 0.6 is 0 Å². The lowest BCUT2D eigenvalue weighted by Gasteiger charge is -2.24. The van der Waals surface area contributed by atoms with Crippen LogP contribution in [0.4, 0.5) is 0 Å². The van der Waals surface area contributed by atoms with Gasteiger partial charge in [0.05, 0.1) is 19.1 Å². The molecule has 4 heteroatoms. The van der Waals surface area contributed by atoms with Crippen LogP contribution < -0.4 is 5.32 Å². The summed E-state index contributed by atoms with van der Waals surface area (Å²) in [5.74, 6) is -0.271. The number of aliphatic hydroxyl groups is 1. The minimum absolute atomic E-state index is 0.117. The molecule has 1 aromatic heterocycles. The highest BCUT2D eigenvalue weighted by atomic mass is 16.3. The van der Waals surface area contributed by atoms with E-state index in [-0.39, 0.29) is 12.5 Å². The number of carbonyl (C=O) groups excluding carboxylic acids is 1. The van der Waals surface area contributed by atoms with Crippen molar-refractivity contribution in [1.82, 2.24) is 5.32 Å². The van der Waals surface area contributed by atoms with Gasteiger partial charge < -0.3 is 14.8 Å². The highest BCUT2D eigenvalue weighted by molar-refractivity contribution is 5.91. The smallest absolute Gasteiger partial charge is 0.244 e. The zero-order valence-electron chi connectivity index (χ0n) is 14.6. The molecule has 132 valence electrons. The van der Waals surface area contributed by atoms with Crippen molar-refractivity contribution in [3.05, 3.63) is 90.4 Å². The number of benzene rings is 2. The predicted octanol–water partition coefficient (Wildman–Crippen LogP) is 3.98. The van der Waals surface area contributed by atoms with Crippen LogP contribution in [0.15, 0.2) is 83.7 Å². The summed E-state index contributed by atoms with van der Waals surface area (Å²) in [7, 11) is 0. The Bertz CT molecular complexity index is 864. The molecule has 0 bridgehead atoms. The standard InChI is InChI=1S/C22H21NO3/c1-22(25,16-23-21(24)12-7-17-13-14-26-15-17)20-10-8-19(9-11-20)18-5-3-2-4-6-18/h2-15,25H,16H2,1H3,(H,23,24)/b12-7+. The molecular weight excluding hydrogens is 326 g/mol. The van der Waals surface area contributed by atoms with Crippen LogP contribution in [0, 0.1) is 0 Å². The molecule has 1 heterocycles. The molecule has 3 rings (SSSR count). The second-order valence-electron chi connectivity index (χ2n) is 6.33. The first-order valence-corrected chi connectivity index (χ1v) is 8.41. The van der Waals surface area contributed by atoms with Crippen molar-refractivity contribution in [2.75, 3.05) is 6.54 Å². The van der Waals surface area contributed by atoms with Gasteiger partial charge in [0.15, 0.2) is 0 Å². The third kappa shape index (κ3) is 4.49. The molecule has 1 unspecified atom stereocenters. The Morgan fingerprint density at radius 3 is 2.42 bits per heavy atom. The lowest BCUT2D eigenvalue weighted by molar-refractivity contribution is -0.117. The molecule has 3 aromatic rings. The number of rotatable bonds is 6. The van der Waals surface area contributed by atoms with Gasteiger partial charge in [0.25, 0.3) is 0 Å². The van der Waals surface area contributed by atoms with Crippen LogP contribution in [0.5, 0.6) is 0 Å². The molecule has 0 saturated heterocycles. The molecular formula is C22H21NO3. The van der Waals surface area contributed by atoms with E-state index in [2.05, 4.69) is 5.32 Å². The number of hydrogen-bond donors (Lipinski definition) is 2. The molecule has 0 aliphatic heterocycles. The summed E-state index contributed by atoms with van der Waals surface area (Å²) in [4.78, 5) is 11.9. The van der Waals surface area contributed by atoms with Crippen molar-refractivity contribution < 1.29 is 14.3 Å². The molecule has 0 spiro atoms. The number of amides is 1. The third-order valence-electron chi connectivity index (χ3n) is 4.19. The zero-order valence-corrected chi connectivity index (χ0v) is 14.6. The highest BCUT2D eigenvalue weighted by Crippen LogP contribution is 2.24. The number of carbonyl (C=O) groups is 1. The predicted molar refractivity (Wildman–Crippen MR) is 102 cm³/mol. The summed E-state index contributed by atoms with van der Waals surface area (Å²) in [5, 5.41) is 13.4. The van der Waals surface area contributed by atoms with Gasteiger partial charge in [-0.1, -0.05) is 54.6 Å². The fourth-order valence-corrected chi connectivity index (χ4v) is 2.61. The monoisotopic (exact) mass is 347 g/mol. The van der Waals surface area contributed by atoms with Crippen LogP contribution in [0.2, 0.25) is 0 Å². The van der Waals surface area contributed by atoms with E-state index >= 15 is 0 Å². The number of hydrogen-bond acceptors (Lipinski definition) is 3. The van der Waals surface area contributed by atoms with Crippen molar-refractivity contribution >= 4 is 12.0 Å². The summed E-state index contributed by atoms with van der Waals surface area (Å²) in [6, 6.07) is 19.5. The van der Waals surface area contributed by atoms with E-state index in [0.29, 0.717) is 0 Å². The summed E-state index contributed by atoms with van der Waals surface area (Å²) in [6.07, 6.45) is 6.16. The van der Waals surface area contributed by atoms with E-state index in [0.717, 1.165) is 22.3 Å². The van der Waals surface area contributed by atoms with E-state index in [9.17, 15) is 9.90 Å². The second kappa shape index (κ2) is 7.85. The summed E-state index contributed by atoms with van der Waals surface area (Å²) >= 11 is 0. The van der Waals surface area contributed by atoms with E-state index in [1.807, 2.05) is 54.6 Å². The Balaban J connectivity index is 1.61. The van der Waals surface area contributed by atoms with Crippen LogP contribution in [-0.4, -0.2) is 17.6 Å². The minimum Gasteiger partial charge on any atom is -0.472 e. The van der Waals surface area contributed by atoms with E-state index in [1.165, 1.54) is 6.08 Å². The normalized spacial score (nSPS) is 13.5. The molecule has 1 amide bonds. The number of furan rings is 1. The lowest BCUT2D eigenvalue weighted by Crippen LogP contribution is -2.37. The van der Waals surface area contributed by atoms with Crippen molar-refractivity contribution in [2.45, 2.75) is 12.5 Å². The quantitative estimate of drug-likeness (QED) is 0.663. The van der Waals surface area contributed by atoms with E-state index in [4.69, 9.17) is 4.42 Å². The SMILES string of the molecule is CC(O)(CNC(=O)/C=C/c1ccoc1)c1ccc(-c2ccccc2)cc1. The van der Waals surface area contributed by atoms with Gasteiger partial charge in [-0.05, 0) is 35.8 Å². The van der Waals surface area contributed by atoms with Crippen molar-refractivity contribution in [1.29, 1.82) is 0 Å². The molecule has 0 radical (unpaired) electrons. The first-order chi connectivity index (χ1) is 12.5. The molecule has 0 saturated carbocycles. The minimum atomic E-state index is -1.16. The molecule has 0 aliphatic rings. The summed E-state index contributed by atoms with van der Waals surface area (Å²) < 4.78 is 4.94. The first kappa shape index (κ1) is 17.7. The van der Waals surface area contributed by atoms with Crippen LogP contribution in [0.3, 0.4) is 0 Å². The Kier molecular flexibility index (Phi) is 5.34. The molecule has 4 nitrogen and oxygen atoms in total. The average Bonchev–Trinajstić information content (AvgIpc) is 3.19. The Morgan fingerprint density at radius 1 is 1.08 bits per heavy atom. The topological polar surface area (TPSA) is 62.5 Å². The van der Waals surface area contributed by atoms with Crippen molar-refractivity contribution in [3.63, 3.8) is 0 Å². The Hall–Kier alpha value is -3.11. The average molecular weight is 347 g/mol. The molecule has 0 aliphatic carbocycles. The van der Waals surface area contributed by atoms with Gasteiger partial charge in [0.1, 0.15) is 5.60 Å². The second-order valence-corrected chi connectivity index (χ2v) is 6.33. The van der Waals surface area contributed by atoms with Gasteiger partial charge in [0.2, 0.25) is 5.91 Å². The van der Waals surface area contributed by atoms with Gasteiger partial charge in [-0.3, -0.25) is 4.79 Å². The van der Waals surface area contributed by atoms with Crippen LogP contribution in [0.1, 0.15) is 18.1 Å². The largest absolute Gasteiger partial charge is 0.472 e. The highest BCUT2D eigenvalue weighted by Gasteiger charge is 2.23.